The van der Waals surface area contributed by atoms with Gasteiger partial charge in [0.15, 0.2) is 0 Å². The number of rotatable bonds is 5. The van der Waals surface area contributed by atoms with Gasteiger partial charge in [0, 0.05) is 48.4 Å². The number of hydrogen-bond donors (Lipinski definition) is 2. The molecule has 0 fully saturated rings. The van der Waals surface area contributed by atoms with E-state index >= 15 is 0 Å². The van der Waals surface area contributed by atoms with E-state index in [4.69, 9.17) is 0 Å². The van der Waals surface area contributed by atoms with Crippen LogP contribution in [0.4, 0.5) is 0 Å². The number of aromatic nitrogens is 5. The minimum Gasteiger partial charge on any atom is -0.348 e. The lowest BCUT2D eigenvalue weighted by atomic mass is 10.2. The Labute approximate surface area is 144 Å². The van der Waals surface area contributed by atoms with Gasteiger partial charge >= 0.3 is 0 Å². The number of nitrogens with zero attached hydrogens (tertiary/aromatic N) is 4. The number of amides is 1. The molecule has 3 aromatic rings. The molecule has 0 aromatic carbocycles. The number of aromatic amines is 1. The summed E-state index contributed by atoms with van der Waals surface area (Å²) in [4.78, 5) is 26.9. The molecule has 0 atom stereocenters. The number of pyridine rings is 1. The molecule has 130 valence electrons. The second-order valence-corrected chi connectivity index (χ2v) is 6.11. The highest BCUT2D eigenvalue weighted by Crippen LogP contribution is 2.15. The van der Waals surface area contributed by atoms with Crippen molar-refractivity contribution in [1.82, 2.24) is 29.9 Å². The number of fused-ring (bicyclic) bond motifs is 1. The fraction of sp³-hybridized carbons (Fsp3) is 0.294. The Morgan fingerprint density at radius 2 is 2.16 bits per heavy atom. The topological polar surface area (TPSA) is 97.6 Å². The maximum Gasteiger partial charge on any atom is 0.256 e. The molecule has 0 radical (unpaired) electrons. The van der Waals surface area contributed by atoms with Gasteiger partial charge in [-0.15, -0.1) is 0 Å². The molecule has 8 nitrogen and oxygen atoms in total. The Hall–Kier alpha value is -3.16. The van der Waals surface area contributed by atoms with Gasteiger partial charge in [-0.2, -0.15) is 10.2 Å². The maximum atomic E-state index is 12.2. The van der Waals surface area contributed by atoms with Crippen LogP contribution >= 0.6 is 0 Å². The van der Waals surface area contributed by atoms with Gasteiger partial charge in [-0.25, -0.2) is 4.68 Å². The third-order valence-corrected chi connectivity index (χ3v) is 3.76. The zero-order valence-corrected chi connectivity index (χ0v) is 14.4. The van der Waals surface area contributed by atoms with Crippen LogP contribution in [-0.2, 0) is 18.4 Å². The Bertz CT molecular complexity index is 992. The molecule has 3 rings (SSSR count). The van der Waals surface area contributed by atoms with Crippen molar-refractivity contribution in [3.63, 3.8) is 0 Å². The van der Waals surface area contributed by atoms with Crippen molar-refractivity contribution < 1.29 is 4.79 Å². The van der Waals surface area contributed by atoms with E-state index < -0.39 is 0 Å². The van der Waals surface area contributed by atoms with Crippen molar-refractivity contribution in [2.24, 2.45) is 7.05 Å². The SMILES string of the molecule is CC(C)n1ncc2cc(C=CC(=O)NCc3cnn(C)c3)c(=O)[nH]c21. The summed E-state index contributed by atoms with van der Waals surface area (Å²) in [7, 11) is 1.81. The predicted molar refractivity (Wildman–Crippen MR) is 94.8 cm³/mol. The van der Waals surface area contributed by atoms with Crippen LogP contribution in [0, 0.1) is 0 Å². The van der Waals surface area contributed by atoms with E-state index in [0.717, 1.165) is 10.9 Å². The molecule has 2 N–H and O–H groups in total. The van der Waals surface area contributed by atoms with Gasteiger partial charge < -0.3 is 10.3 Å². The molecule has 0 aliphatic carbocycles. The van der Waals surface area contributed by atoms with Crippen molar-refractivity contribution in [2.45, 2.75) is 26.4 Å². The van der Waals surface area contributed by atoms with E-state index in [1.54, 1.807) is 27.8 Å². The van der Waals surface area contributed by atoms with Gasteiger partial charge in [0.1, 0.15) is 5.65 Å². The first-order valence-electron chi connectivity index (χ1n) is 7.98. The number of carbonyl (C=O) groups excluding carboxylic acids is 1. The highest BCUT2D eigenvalue weighted by atomic mass is 16.1. The summed E-state index contributed by atoms with van der Waals surface area (Å²) < 4.78 is 3.42. The fourth-order valence-electron chi connectivity index (χ4n) is 2.52. The molecule has 3 heterocycles. The molecule has 0 spiro atoms. The molecular weight excluding hydrogens is 320 g/mol. The first-order chi connectivity index (χ1) is 11.9. The van der Waals surface area contributed by atoms with Gasteiger partial charge in [-0.1, -0.05) is 0 Å². The fourth-order valence-corrected chi connectivity index (χ4v) is 2.52. The number of hydrogen-bond acceptors (Lipinski definition) is 4. The summed E-state index contributed by atoms with van der Waals surface area (Å²) in [5.41, 5.74) is 1.74. The van der Waals surface area contributed by atoms with Gasteiger partial charge in [-0.3, -0.25) is 14.3 Å². The highest BCUT2D eigenvalue weighted by molar-refractivity contribution is 5.92. The van der Waals surface area contributed by atoms with Gasteiger partial charge in [0.2, 0.25) is 5.91 Å². The maximum absolute atomic E-state index is 12.2. The van der Waals surface area contributed by atoms with E-state index in [1.807, 2.05) is 27.1 Å². The van der Waals surface area contributed by atoms with Crippen molar-refractivity contribution in [1.29, 1.82) is 0 Å². The predicted octanol–water partition coefficient (Wildman–Crippen LogP) is 1.37. The molecule has 0 aliphatic heterocycles. The van der Waals surface area contributed by atoms with E-state index in [1.165, 1.54) is 12.2 Å². The van der Waals surface area contributed by atoms with Crippen LogP contribution in [0.2, 0.25) is 0 Å². The van der Waals surface area contributed by atoms with Gasteiger partial charge in [0.05, 0.1) is 12.4 Å². The van der Waals surface area contributed by atoms with Crippen LogP contribution in [0.3, 0.4) is 0 Å². The minimum absolute atomic E-state index is 0.146. The number of carbonyl (C=O) groups is 1. The van der Waals surface area contributed by atoms with Crippen molar-refractivity contribution in [3.8, 4) is 0 Å². The van der Waals surface area contributed by atoms with Crippen LogP contribution in [0.25, 0.3) is 17.1 Å². The number of nitrogens with one attached hydrogen (secondary N) is 2. The third-order valence-electron chi connectivity index (χ3n) is 3.76. The quantitative estimate of drug-likeness (QED) is 0.685. The van der Waals surface area contributed by atoms with Crippen molar-refractivity contribution in [3.05, 3.63) is 52.2 Å². The van der Waals surface area contributed by atoms with Gasteiger partial charge in [0.25, 0.3) is 5.56 Å². The standard InChI is InChI=1S/C17H20N6O2/c1-11(2)23-16-14(9-20-23)6-13(17(25)21-16)4-5-15(24)18-7-12-8-19-22(3)10-12/h4-6,8-11H,7H2,1-3H3,(H,18,24)(H,21,25). The average Bonchev–Trinajstić information content (AvgIpc) is 3.16. The second kappa shape index (κ2) is 6.76. The smallest absolute Gasteiger partial charge is 0.256 e. The Morgan fingerprint density at radius 1 is 1.36 bits per heavy atom. The minimum atomic E-state index is -0.277. The summed E-state index contributed by atoms with van der Waals surface area (Å²) in [5.74, 6) is -0.277. The second-order valence-electron chi connectivity index (χ2n) is 6.11. The van der Waals surface area contributed by atoms with Crippen LogP contribution in [0.15, 0.2) is 35.5 Å². The molecule has 0 saturated heterocycles. The highest BCUT2D eigenvalue weighted by Gasteiger charge is 2.09. The van der Waals surface area contributed by atoms with E-state index in [9.17, 15) is 9.59 Å². The third kappa shape index (κ3) is 3.68. The Balaban J connectivity index is 1.73. The molecule has 0 bridgehead atoms. The van der Waals surface area contributed by atoms with Gasteiger partial charge in [-0.05, 0) is 26.0 Å². The summed E-state index contributed by atoms with van der Waals surface area (Å²) in [6.07, 6.45) is 8.07. The van der Waals surface area contributed by atoms with Crippen LogP contribution in [-0.4, -0.2) is 30.5 Å². The molecule has 8 heteroatoms. The monoisotopic (exact) mass is 340 g/mol. The van der Waals surface area contributed by atoms with E-state index in [-0.39, 0.29) is 17.5 Å². The summed E-state index contributed by atoms with van der Waals surface area (Å²) in [6.45, 7) is 4.36. The lowest BCUT2D eigenvalue weighted by Crippen LogP contribution is -2.20. The zero-order valence-electron chi connectivity index (χ0n) is 14.4. The lowest BCUT2D eigenvalue weighted by molar-refractivity contribution is -0.116. The van der Waals surface area contributed by atoms with Crippen LogP contribution in [0.1, 0.15) is 31.0 Å². The number of aryl methyl sites for hydroxylation is 1. The Morgan fingerprint density at radius 3 is 2.84 bits per heavy atom. The largest absolute Gasteiger partial charge is 0.348 e. The lowest BCUT2D eigenvalue weighted by Gasteiger charge is -2.06. The summed E-state index contributed by atoms with van der Waals surface area (Å²) >= 11 is 0. The average molecular weight is 340 g/mol. The van der Waals surface area contributed by atoms with E-state index in [0.29, 0.717) is 17.8 Å². The summed E-state index contributed by atoms with van der Waals surface area (Å²) in [6, 6.07) is 1.87. The van der Waals surface area contributed by atoms with Crippen molar-refractivity contribution >= 4 is 23.0 Å². The first kappa shape index (κ1) is 16.7. The first-order valence-corrected chi connectivity index (χ1v) is 7.98. The molecule has 25 heavy (non-hydrogen) atoms. The molecular formula is C17H20N6O2. The van der Waals surface area contributed by atoms with Crippen LogP contribution < -0.4 is 10.9 Å². The van der Waals surface area contributed by atoms with E-state index in [2.05, 4.69) is 20.5 Å². The molecule has 3 aromatic heterocycles. The number of H-pyrrole nitrogens is 1. The van der Waals surface area contributed by atoms with Crippen molar-refractivity contribution in [2.75, 3.05) is 0 Å². The van der Waals surface area contributed by atoms with Crippen LogP contribution in [0.5, 0.6) is 0 Å². The molecule has 0 saturated carbocycles. The Kier molecular flexibility index (Phi) is 4.51. The molecule has 0 aliphatic rings. The molecule has 1 amide bonds. The summed E-state index contributed by atoms with van der Waals surface area (Å²) in [5, 5.41) is 11.9. The normalized spacial score (nSPS) is 11.7. The zero-order chi connectivity index (χ0) is 18.0. The molecule has 0 unspecified atom stereocenters.